The molecule has 2 heterocycles. The summed E-state index contributed by atoms with van der Waals surface area (Å²) in [7, 11) is 0. The first kappa shape index (κ1) is 40.3. The van der Waals surface area contributed by atoms with Gasteiger partial charge >= 0.3 is 17.9 Å². The summed E-state index contributed by atoms with van der Waals surface area (Å²) in [6.45, 7) is 8.74. The van der Waals surface area contributed by atoms with E-state index in [1.54, 1.807) is 27.7 Å². The van der Waals surface area contributed by atoms with E-state index in [0.29, 0.717) is 18.8 Å². The minimum atomic E-state index is -2.34. The van der Waals surface area contributed by atoms with E-state index in [9.17, 15) is 39.9 Å². The Hall–Kier alpha value is -1.91. The summed E-state index contributed by atoms with van der Waals surface area (Å²) in [5.74, 6) is -4.50. The second kappa shape index (κ2) is 19.2. The summed E-state index contributed by atoms with van der Waals surface area (Å²) in [5, 5.41) is 52.8. The fraction of sp³-hybridized carbons (Fsp3) is 0.906. The molecule has 2 saturated heterocycles. The van der Waals surface area contributed by atoms with Crippen molar-refractivity contribution in [2.75, 3.05) is 19.8 Å². The van der Waals surface area contributed by atoms with Gasteiger partial charge in [-0.15, -0.1) is 0 Å². The van der Waals surface area contributed by atoms with Crippen LogP contribution in [0.2, 0.25) is 0 Å². The molecule has 1 unspecified atom stereocenters. The lowest BCUT2D eigenvalue weighted by Crippen LogP contribution is -2.64. The van der Waals surface area contributed by atoms with Crippen LogP contribution in [0.3, 0.4) is 0 Å². The first-order valence-electron chi connectivity index (χ1n) is 16.5. The molecular weight excluding hydrogens is 608 g/mol. The van der Waals surface area contributed by atoms with Crippen molar-refractivity contribution < 1.29 is 68.3 Å². The molecule has 0 aromatic carbocycles. The van der Waals surface area contributed by atoms with Crippen LogP contribution in [0.1, 0.15) is 92.9 Å². The summed E-state index contributed by atoms with van der Waals surface area (Å²) < 4.78 is 34.0. The first-order valence-corrected chi connectivity index (χ1v) is 16.5. The maximum Gasteiger partial charge on any atom is 0.309 e. The van der Waals surface area contributed by atoms with E-state index in [1.807, 2.05) is 0 Å². The molecule has 0 radical (unpaired) electrons. The van der Waals surface area contributed by atoms with Crippen molar-refractivity contribution in [2.45, 2.75) is 148 Å². The normalized spacial score (nSPS) is 32.0. The lowest BCUT2D eigenvalue weighted by Gasteiger charge is -2.45. The molecule has 2 fully saturated rings. The molecule has 0 bridgehead atoms. The molecule has 5 N–H and O–H groups in total. The van der Waals surface area contributed by atoms with Crippen molar-refractivity contribution in [1.29, 1.82) is 0 Å². The Balaban J connectivity index is 2.30. The van der Waals surface area contributed by atoms with E-state index in [4.69, 9.17) is 28.4 Å². The van der Waals surface area contributed by atoms with Gasteiger partial charge in [0.15, 0.2) is 24.6 Å². The van der Waals surface area contributed by atoms with Gasteiger partial charge in [-0.3, -0.25) is 14.4 Å². The number of hydrogen-bond acceptors (Lipinski definition) is 14. The largest absolute Gasteiger partial charge is 0.455 e. The summed E-state index contributed by atoms with van der Waals surface area (Å²) in [6.07, 6.45) is -7.90. The predicted octanol–water partition coefficient (Wildman–Crippen LogP) is 1.35. The van der Waals surface area contributed by atoms with E-state index in [0.717, 1.165) is 25.7 Å². The standard InChI is InChI=1S/C32H56O14/c1-7-20(6)30(40)44-28-26(39)31(41-22(16-34)27(28)42-24(37)14-19(4)5)46-32(17-35)29(25(38)21(15-33)45-32)43-23(36)13-11-9-8-10-12-18(2)3/h18-22,25-29,31,33-35,38-39H,7-17H2,1-6H3/t20?,21-,22-,25-,26-,27-,28-,29+,31-,32+/m1/s1. The zero-order chi connectivity index (χ0) is 34.6. The zero-order valence-corrected chi connectivity index (χ0v) is 28.0. The van der Waals surface area contributed by atoms with Crippen LogP contribution in [0.5, 0.6) is 0 Å². The molecule has 0 saturated carbocycles. The molecule has 0 amide bonds. The number of carbonyl (C=O) groups excluding carboxylic acids is 3. The van der Waals surface area contributed by atoms with Gasteiger partial charge in [0, 0.05) is 12.8 Å². The quantitative estimate of drug-likeness (QED) is 0.0751. The Labute approximate surface area is 271 Å². The summed E-state index contributed by atoms with van der Waals surface area (Å²) in [5.41, 5.74) is 0. The average molecular weight is 665 g/mol. The Bertz CT molecular complexity index is 944. The summed E-state index contributed by atoms with van der Waals surface area (Å²) in [4.78, 5) is 38.3. The third-order valence-electron chi connectivity index (χ3n) is 8.27. The number of unbranched alkanes of at least 4 members (excludes halogenated alkanes) is 3. The minimum Gasteiger partial charge on any atom is -0.455 e. The Kier molecular flexibility index (Phi) is 16.8. The van der Waals surface area contributed by atoms with E-state index < -0.39 is 98.5 Å². The van der Waals surface area contributed by atoms with Gasteiger partial charge in [-0.1, -0.05) is 67.2 Å². The van der Waals surface area contributed by atoms with Gasteiger partial charge in [0.25, 0.3) is 0 Å². The van der Waals surface area contributed by atoms with Gasteiger partial charge in [0.1, 0.15) is 31.0 Å². The lowest BCUT2D eigenvalue weighted by molar-refractivity contribution is -0.384. The molecule has 2 aliphatic heterocycles. The van der Waals surface area contributed by atoms with Crippen LogP contribution in [0.25, 0.3) is 0 Å². The van der Waals surface area contributed by atoms with Crippen molar-refractivity contribution in [3.8, 4) is 0 Å². The third kappa shape index (κ3) is 11.1. The molecule has 0 aromatic rings. The fourth-order valence-electron chi connectivity index (χ4n) is 5.35. The van der Waals surface area contributed by atoms with Gasteiger partial charge in [-0.2, -0.15) is 0 Å². The van der Waals surface area contributed by atoms with Crippen LogP contribution in [-0.4, -0.2) is 118 Å². The molecule has 14 heteroatoms. The number of aliphatic hydroxyl groups excluding tert-OH is 5. The summed E-state index contributed by atoms with van der Waals surface area (Å²) in [6, 6.07) is 0. The summed E-state index contributed by atoms with van der Waals surface area (Å²) >= 11 is 0. The van der Waals surface area contributed by atoms with E-state index in [2.05, 4.69) is 13.8 Å². The van der Waals surface area contributed by atoms with Gasteiger partial charge < -0.3 is 54.0 Å². The SMILES string of the molecule is CCC(C)C(=O)O[C@@H]1[C@@H](O)[C@@H](O[C@]2(CO)O[C@H](CO)[C@@H](O)[C@@H]2OC(=O)CCCCCCC(C)C)O[C@H](CO)[C@H]1OC(=O)CC(C)C. The monoisotopic (exact) mass is 664 g/mol. The molecule has 46 heavy (non-hydrogen) atoms. The molecule has 0 aliphatic carbocycles. The molecule has 14 nitrogen and oxygen atoms in total. The average Bonchev–Trinajstić information content (AvgIpc) is 3.26. The Morgan fingerprint density at radius 3 is 2.00 bits per heavy atom. The molecule has 2 aliphatic rings. The van der Waals surface area contributed by atoms with Gasteiger partial charge in [0.2, 0.25) is 5.79 Å². The topological polar surface area (TPSA) is 208 Å². The Morgan fingerprint density at radius 1 is 0.783 bits per heavy atom. The number of aliphatic hydroxyl groups is 5. The fourth-order valence-corrected chi connectivity index (χ4v) is 5.35. The van der Waals surface area contributed by atoms with E-state index >= 15 is 0 Å². The molecular formula is C32H56O14. The van der Waals surface area contributed by atoms with Gasteiger partial charge in [0.05, 0.1) is 19.1 Å². The van der Waals surface area contributed by atoms with Crippen molar-refractivity contribution >= 4 is 17.9 Å². The smallest absolute Gasteiger partial charge is 0.309 e. The van der Waals surface area contributed by atoms with Gasteiger partial charge in [-0.25, -0.2) is 0 Å². The molecule has 268 valence electrons. The van der Waals surface area contributed by atoms with Crippen molar-refractivity contribution in [1.82, 2.24) is 0 Å². The van der Waals surface area contributed by atoms with Crippen LogP contribution in [0, 0.1) is 17.8 Å². The first-order chi connectivity index (χ1) is 21.7. The van der Waals surface area contributed by atoms with Crippen LogP contribution in [0.4, 0.5) is 0 Å². The van der Waals surface area contributed by atoms with Gasteiger partial charge in [-0.05, 0) is 24.7 Å². The van der Waals surface area contributed by atoms with Crippen molar-refractivity contribution in [3.05, 3.63) is 0 Å². The van der Waals surface area contributed by atoms with E-state index in [-0.39, 0.29) is 18.8 Å². The number of rotatable bonds is 19. The maximum atomic E-state index is 12.8. The Morgan fingerprint density at radius 2 is 1.43 bits per heavy atom. The highest BCUT2D eigenvalue weighted by Crippen LogP contribution is 2.39. The number of hydrogen-bond donors (Lipinski definition) is 5. The highest BCUT2D eigenvalue weighted by molar-refractivity contribution is 5.72. The predicted molar refractivity (Wildman–Crippen MR) is 162 cm³/mol. The van der Waals surface area contributed by atoms with Crippen LogP contribution in [-0.2, 0) is 42.8 Å². The molecule has 10 atom stereocenters. The lowest BCUT2D eigenvalue weighted by atomic mass is 9.97. The number of carbonyl (C=O) groups is 3. The third-order valence-corrected chi connectivity index (χ3v) is 8.27. The van der Waals surface area contributed by atoms with Crippen LogP contribution in [0.15, 0.2) is 0 Å². The highest BCUT2D eigenvalue weighted by Gasteiger charge is 2.61. The maximum absolute atomic E-state index is 12.8. The van der Waals surface area contributed by atoms with E-state index in [1.165, 1.54) is 0 Å². The van der Waals surface area contributed by atoms with Crippen LogP contribution < -0.4 is 0 Å². The highest BCUT2D eigenvalue weighted by atomic mass is 16.8. The molecule has 2 rings (SSSR count). The second-order valence-corrected chi connectivity index (χ2v) is 13.2. The zero-order valence-electron chi connectivity index (χ0n) is 28.0. The molecule has 0 aromatic heterocycles. The molecule has 0 spiro atoms. The number of ether oxygens (including phenoxy) is 6. The minimum absolute atomic E-state index is 0.00357. The second-order valence-electron chi connectivity index (χ2n) is 13.2. The number of esters is 3. The van der Waals surface area contributed by atoms with Crippen molar-refractivity contribution in [2.24, 2.45) is 17.8 Å². The van der Waals surface area contributed by atoms with Crippen molar-refractivity contribution in [3.63, 3.8) is 0 Å². The van der Waals surface area contributed by atoms with Crippen LogP contribution >= 0.6 is 0 Å².